The van der Waals surface area contributed by atoms with Gasteiger partial charge in [0.25, 0.3) is 5.91 Å². The maximum absolute atomic E-state index is 13.3. The Morgan fingerprint density at radius 2 is 1.64 bits per heavy atom. The van der Waals surface area contributed by atoms with Crippen LogP contribution in [0, 0.1) is 11.3 Å². The Labute approximate surface area is 190 Å². The van der Waals surface area contributed by atoms with Crippen LogP contribution in [0.1, 0.15) is 53.6 Å². The number of para-hydroxylation sites is 1. The zero-order valence-electron chi connectivity index (χ0n) is 18.0. The molecular formula is C22H22F6N2O2S. The van der Waals surface area contributed by atoms with E-state index in [1.807, 2.05) is 20.8 Å². The first-order chi connectivity index (χ1) is 15.1. The molecule has 0 bridgehead atoms. The highest BCUT2D eigenvalue weighted by atomic mass is 32.1. The number of halogens is 6. The zero-order chi connectivity index (χ0) is 24.8. The van der Waals surface area contributed by atoms with E-state index < -0.39 is 35.4 Å². The second-order valence-corrected chi connectivity index (χ2v) is 10.1. The van der Waals surface area contributed by atoms with Crippen molar-refractivity contribution < 1.29 is 35.9 Å². The van der Waals surface area contributed by atoms with Crippen molar-refractivity contribution in [3.63, 3.8) is 0 Å². The molecule has 180 valence electrons. The van der Waals surface area contributed by atoms with Gasteiger partial charge >= 0.3 is 18.3 Å². The van der Waals surface area contributed by atoms with E-state index >= 15 is 0 Å². The standard InChI is InChI=1S/C22H22F6N2O2S/c1-20(2,3)11-8-9-12-15(10-11)33-18(30-19(32)22(26,27)28)16(12)17(31)29-14-7-5-4-6-13(14)21(23,24)25/h4-7,11H,8-10H2,1-3H3,(H,29,31)(H,30,32). The van der Waals surface area contributed by atoms with E-state index in [1.165, 1.54) is 6.07 Å². The molecule has 1 aromatic heterocycles. The van der Waals surface area contributed by atoms with E-state index in [-0.39, 0.29) is 21.9 Å². The van der Waals surface area contributed by atoms with Crippen molar-refractivity contribution in [2.45, 2.75) is 52.4 Å². The van der Waals surface area contributed by atoms with Crippen molar-refractivity contribution in [3.8, 4) is 0 Å². The third-order valence-electron chi connectivity index (χ3n) is 5.68. The Hall–Kier alpha value is -2.56. The van der Waals surface area contributed by atoms with Gasteiger partial charge in [0, 0.05) is 4.88 Å². The third-order valence-corrected chi connectivity index (χ3v) is 6.85. The molecule has 3 rings (SSSR count). The minimum Gasteiger partial charge on any atom is -0.321 e. The van der Waals surface area contributed by atoms with Crippen LogP contribution >= 0.6 is 11.3 Å². The lowest BCUT2D eigenvalue weighted by atomic mass is 9.72. The number of anilines is 2. The molecule has 2 aromatic rings. The van der Waals surface area contributed by atoms with Gasteiger partial charge in [-0.05, 0) is 48.3 Å². The lowest BCUT2D eigenvalue weighted by Crippen LogP contribution is -2.30. The van der Waals surface area contributed by atoms with Gasteiger partial charge in [-0.2, -0.15) is 26.3 Å². The van der Waals surface area contributed by atoms with E-state index in [0.29, 0.717) is 29.7 Å². The van der Waals surface area contributed by atoms with Crippen molar-refractivity contribution in [3.05, 3.63) is 45.8 Å². The van der Waals surface area contributed by atoms with Gasteiger partial charge < -0.3 is 10.6 Å². The molecule has 11 heteroatoms. The van der Waals surface area contributed by atoms with Gasteiger partial charge in [0.05, 0.1) is 16.8 Å². The highest BCUT2D eigenvalue weighted by Crippen LogP contribution is 2.45. The smallest absolute Gasteiger partial charge is 0.321 e. The van der Waals surface area contributed by atoms with E-state index in [2.05, 4.69) is 5.32 Å². The monoisotopic (exact) mass is 492 g/mol. The van der Waals surface area contributed by atoms with E-state index in [9.17, 15) is 35.9 Å². The van der Waals surface area contributed by atoms with Crippen LogP contribution in [-0.4, -0.2) is 18.0 Å². The van der Waals surface area contributed by atoms with Gasteiger partial charge in [0.2, 0.25) is 0 Å². The molecule has 0 saturated heterocycles. The summed E-state index contributed by atoms with van der Waals surface area (Å²) in [6, 6.07) is 4.31. The summed E-state index contributed by atoms with van der Waals surface area (Å²) in [5.74, 6) is -3.06. The van der Waals surface area contributed by atoms with Gasteiger partial charge in [-0.3, -0.25) is 9.59 Å². The van der Waals surface area contributed by atoms with Gasteiger partial charge in [-0.1, -0.05) is 32.9 Å². The Bertz CT molecular complexity index is 1070. The van der Waals surface area contributed by atoms with Gasteiger partial charge in [-0.25, -0.2) is 0 Å². The lowest BCUT2D eigenvalue weighted by molar-refractivity contribution is -0.167. The average Bonchev–Trinajstić information content (AvgIpc) is 3.03. The summed E-state index contributed by atoms with van der Waals surface area (Å²) in [6.07, 6.45) is -8.43. The van der Waals surface area contributed by atoms with Crippen molar-refractivity contribution >= 4 is 33.8 Å². The second-order valence-electron chi connectivity index (χ2n) is 8.96. The summed E-state index contributed by atoms with van der Waals surface area (Å²) in [4.78, 5) is 25.3. The molecule has 4 nitrogen and oxygen atoms in total. The Kier molecular flexibility index (Phi) is 6.58. The van der Waals surface area contributed by atoms with E-state index in [0.717, 1.165) is 29.5 Å². The number of alkyl halides is 6. The first kappa shape index (κ1) is 25.1. The fourth-order valence-corrected chi connectivity index (χ4v) is 5.17. The molecule has 0 radical (unpaired) electrons. The number of amides is 2. The summed E-state index contributed by atoms with van der Waals surface area (Å²) < 4.78 is 78.6. The Balaban J connectivity index is 2.02. The summed E-state index contributed by atoms with van der Waals surface area (Å²) in [5.41, 5.74) is -1.47. The SMILES string of the molecule is CC(C)(C)C1CCc2c(sc(NC(=O)C(F)(F)F)c2C(=O)Nc2ccccc2C(F)(F)F)C1. The van der Waals surface area contributed by atoms with Crippen LogP contribution in [0.25, 0.3) is 0 Å². The average molecular weight is 492 g/mol. The number of benzene rings is 1. The quantitative estimate of drug-likeness (QED) is 0.470. The summed E-state index contributed by atoms with van der Waals surface area (Å²) >= 11 is 0.860. The highest BCUT2D eigenvalue weighted by Gasteiger charge is 2.41. The molecule has 0 saturated carbocycles. The molecule has 1 unspecified atom stereocenters. The number of hydrogen-bond donors (Lipinski definition) is 2. The molecular weight excluding hydrogens is 470 g/mol. The molecule has 1 atom stereocenters. The minimum atomic E-state index is -5.19. The number of carbonyl (C=O) groups is 2. The zero-order valence-corrected chi connectivity index (χ0v) is 18.8. The predicted octanol–water partition coefficient (Wildman–Crippen LogP) is 6.67. The third kappa shape index (κ3) is 5.51. The van der Waals surface area contributed by atoms with Crippen LogP contribution in [-0.2, 0) is 23.8 Å². The molecule has 1 aliphatic carbocycles. The van der Waals surface area contributed by atoms with Crippen molar-refractivity contribution in [2.24, 2.45) is 11.3 Å². The van der Waals surface area contributed by atoms with Crippen LogP contribution in [0.2, 0.25) is 0 Å². The van der Waals surface area contributed by atoms with Crippen molar-refractivity contribution in [1.29, 1.82) is 0 Å². The largest absolute Gasteiger partial charge is 0.471 e. The molecule has 0 fully saturated rings. The number of thiophene rings is 1. The molecule has 0 spiro atoms. The van der Waals surface area contributed by atoms with Crippen LogP contribution in [0.4, 0.5) is 37.0 Å². The summed E-state index contributed by atoms with van der Waals surface area (Å²) in [5, 5.41) is 3.60. The maximum atomic E-state index is 13.3. The Morgan fingerprint density at radius 3 is 2.21 bits per heavy atom. The van der Waals surface area contributed by atoms with Crippen LogP contribution in [0.5, 0.6) is 0 Å². The van der Waals surface area contributed by atoms with Gasteiger partial charge in [0.1, 0.15) is 5.00 Å². The van der Waals surface area contributed by atoms with Crippen LogP contribution < -0.4 is 10.6 Å². The fourth-order valence-electron chi connectivity index (χ4n) is 3.85. The Morgan fingerprint density at radius 1 is 1.00 bits per heavy atom. The molecule has 0 aliphatic heterocycles. The van der Waals surface area contributed by atoms with Crippen molar-refractivity contribution in [1.82, 2.24) is 0 Å². The van der Waals surface area contributed by atoms with Gasteiger partial charge in [0.15, 0.2) is 0 Å². The number of rotatable bonds is 3. The van der Waals surface area contributed by atoms with E-state index in [4.69, 9.17) is 0 Å². The van der Waals surface area contributed by atoms with E-state index in [1.54, 1.807) is 5.32 Å². The molecule has 33 heavy (non-hydrogen) atoms. The number of carbonyl (C=O) groups excluding carboxylic acids is 2. The lowest BCUT2D eigenvalue weighted by Gasteiger charge is -2.33. The molecule has 2 amide bonds. The predicted molar refractivity (Wildman–Crippen MR) is 113 cm³/mol. The second kappa shape index (κ2) is 8.66. The first-order valence-corrected chi connectivity index (χ1v) is 10.9. The highest BCUT2D eigenvalue weighted by molar-refractivity contribution is 7.17. The van der Waals surface area contributed by atoms with Crippen LogP contribution in [0.15, 0.2) is 24.3 Å². The molecule has 1 aliphatic rings. The number of nitrogens with one attached hydrogen (secondary N) is 2. The number of fused-ring (bicyclic) bond motifs is 1. The van der Waals surface area contributed by atoms with Crippen molar-refractivity contribution in [2.75, 3.05) is 10.6 Å². The number of hydrogen-bond acceptors (Lipinski definition) is 3. The maximum Gasteiger partial charge on any atom is 0.471 e. The summed E-state index contributed by atoms with van der Waals surface area (Å²) in [7, 11) is 0. The molecule has 2 N–H and O–H groups in total. The van der Waals surface area contributed by atoms with Crippen LogP contribution in [0.3, 0.4) is 0 Å². The molecule has 1 heterocycles. The fraction of sp³-hybridized carbons (Fsp3) is 0.455. The summed E-state index contributed by atoms with van der Waals surface area (Å²) in [6.45, 7) is 6.10. The first-order valence-electron chi connectivity index (χ1n) is 10.1. The molecule has 1 aromatic carbocycles. The topological polar surface area (TPSA) is 58.2 Å². The van der Waals surface area contributed by atoms with Gasteiger partial charge in [-0.15, -0.1) is 11.3 Å². The minimum absolute atomic E-state index is 0.0921. The normalized spacial score (nSPS) is 16.8.